The highest BCUT2D eigenvalue weighted by molar-refractivity contribution is 14.1. The molecular formula is C18H18ClIN2O3. The Bertz CT molecular complexity index is 786. The van der Waals surface area contributed by atoms with E-state index in [2.05, 4.69) is 33.1 Å². The molecule has 132 valence electrons. The highest BCUT2D eigenvalue weighted by atomic mass is 127. The standard InChI is InChI=1S/C18H18ClIN2O3/c1-11-6-14(7-12(2)18(11)19)25-10-17(23)22-21-9-13-4-5-16(24-3)15(20)8-13/h4-9H,10H2,1-3H3,(H,22,23)/b21-9+. The minimum Gasteiger partial charge on any atom is -0.496 e. The van der Waals surface area contributed by atoms with Crippen molar-refractivity contribution in [1.82, 2.24) is 5.43 Å². The van der Waals surface area contributed by atoms with Crippen molar-refractivity contribution in [3.05, 3.63) is 55.6 Å². The first-order valence-corrected chi connectivity index (χ1v) is 8.91. The molecule has 0 atom stereocenters. The fourth-order valence-electron chi connectivity index (χ4n) is 2.11. The fourth-order valence-corrected chi connectivity index (χ4v) is 2.98. The number of methoxy groups -OCH3 is 1. The van der Waals surface area contributed by atoms with Crippen LogP contribution in [0, 0.1) is 17.4 Å². The molecule has 2 aromatic carbocycles. The lowest BCUT2D eigenvalue weighted by Crippen LogP contribution is -2.24. The quantitative estimate of drug-likeness (QED) is 0.391. The van der Waals surface area contributed by atoms with Crippen LogP contribution in [0.4, 0.5) is 0 Å². The highest BCUT2D eigenvalue weighted by Gasteiger charge is 2.06. The first-order valence-electron chi connectivity index (χ1n) is 7.45. The molecule has 0 heterocycles. The molecule has 5 nitrogen and oxygen atoms in total. The summed E-state index contributed by atoms with van der Waals surface area (Å²) in [6.45, 7) is 3.66. The molecule has 0 saturated carbocycles. The van der Waals surface area contributed by atoms with Crippen LogP contribution in [-0.4, -0.2) is 25.8 Å². The lowest BCUT2D eigenvalue weighted by Gasteiger charge is -2.09. The van der Waals surface area contributed by atoms with Crippen molar-refractivity contribution >= 4 is 46.3 Å². The number of amides is 1. The summed E-state index contributed by atoms with van der Waals surface area (Å²) < 4.78 is 11.6. The second kappa shape index (κ2) is 9.05. The topological polar surface area (TPSA) is 59.9 Å². The molecule has 1 amide bonds. The van der Waals surface area contributed by atoms with Gasteiger partial charge in [0.1, 0.15) is 11.5 Å². The molecule has 0 radical (unpaired) electrons. The summed E-state index contributed by atoms with van der Waals surface area (Å²) in [5.41, 5.74) is 5.11. The average molecular weight is 473 g/mol. The molecule has 2 aromatic rings. The van der Waals surface area contributed by atoms with E-state index in [4.69, 9.17) is 21.1 Å². The number of hydrogen-bond acceptors (Lipinski definition) is 4. The molecule has 0 saturated heterocycles. The summed E-state index contributed by atoms with van der Waals surface area (Å²) in [5, 5.41) is 4.63. The number of carbonyl (C=O) groups excluding carboxylic acids is 1. The molecular weight excluding hydrogens is 455 g/mol. The maximum absolute atomic E-state index is 11.8. The summed E-state index contributed by atoms with van der Waals surface area (Å²) in [5.74, 6) is 1.05. The maximum atomic E-state index is 11.8. The third kappa shape index (κ3) is 5.61. The van der Waals surface area contributed by atoms with Crippen LogP contribution in [0.5, 0.6) is 11.5 Å². The minimum absolute atomic E-state index is 0.127. The summed E-state index contributed by atoms with van der Waals surface area (Å²) in [6.07, 6.45) is 1.57. The monoisotopic (exact) mass is 472 g/mol. The van der Waals surface area contributed by atoms with Crippen molar-refractivity contribution < 1.29 is 14.3 Å². The first-order chi connectivity index (χ1) is 11.9. The molecule has 0 aliphatic rings. The normalized spacial score (nSPS) is 10.8. The van der Waals surface area contributed by atoms with E-state index in [1.165, 1.54) is 0 Å². The van der Waals surface area contributed by atoms with Gasteiger partial charge >= 0.3 is 0 Å². The van der Waals surface area contributed by atoms with Gasteiger partial charge in [-0.3, -0.25) is 4.79 Å². The molecule has 25 heavy (non-hydrogen) atoms. The second-order valence-corrected chi connectivity index (χ2v) is 6.89. The molecule has 0 unspecified atom stereocenters. The largest absolute Gasteiger partial charge is 0.496 e. The number of hydrogen-bond donors (Lipinski definition) is 1. The zero-order valence-electron chi connectivity index (χ0n) is 14.1. The van der Waals surface area contributed by atoms with Crippen LogP contribution in [0.15, 0.2) is 35.4 Å². The van der Waals surface area contributed by atoms with Gasteiger partial charge in [-0.15, -0.1) is 0 Å². The second-order valence-electron chi connectivity index (χ2n) is 5.35. The zero-order valence-corrected chi connectivity index (χ0v) is 17.0. The Hall–Kier alpha value is -1.80. The van der Waals surface area contributed by atoms with E-state index in [0.717, 1.165) is 26.0 Å². The van der Waals surface area contributed by atoms with Gasteiger partial charge in [-0.05, 0) is 83.5 Å². The van der Waals surface area contributed by atoms with Crippen LogP contribution in [-0.2, 0) is 4.79 Å². The van der Waals surface area contributed by atoms with Gasteiger partial charge in [0, 0.05) is 5.02 Å². The summed E-state index contributed by atoms with van der Waals surface area (Å²) >= 11 is 8.28. The molecule has 0 spiro atoms. The van der Waals surface area contributed by atoms with Crippen molar-refractivity contribution in [3.8, 4) is 11.5 Å². The Morgan fingerprint density at radius 3 is 2.56 bits per heavy atom. The lowest BCUT2D eigenvalue weighted by molar-refractivity contribution is -0.123. The number of nitrogens with zero attached hydrogens (tertiary/aromatic N) is 1. The van der Waals surface area contributed by atoms with Gasteiger partial charge in [-0.1, -0.05) is 11.6 Å². The zero-order chi connectivity index (χ0) is 18.4. The van der Waals surface area contributed by atoms with E-state index >= 15 is 0 Å². The van der Waals surface area contributed by atoms with Gasteiger partial charge in [-0.25, -0.2) is 5.43 Å². The molecule has 0 aromatic heterocycles. The number of ether oxygens (including phenoxy) is 2. The Kier molecular flexibility index (Phi) is 7.07. The van der Waals surface area contributed by atoms with Gasteiger partial charge in [-0.2, -0.15) is 5.10 Å². The number of carbonyl (C=O) groups is 1. The average Bonchev–Trinajstić information content (AvgIpc) is 2.58. The highest BCUT2D eigenvalue weighted by Crippen LogP contribution is 2.25. The first kappa shape index (κ1) is 19.5. The van der Waals surface area contributed by atoms with E-state index in [9.17, 15) is 4.79 Å². The number of nitrogens with one attached hydrogen (secondary N) is 1. The molecule has 0 aliphatic heterocycles. The van der Waals surface area contributed by atoms with E-state index < -0.39 is 0 Å². The van der Waals surface area contributed by atoms with Crippen molar-refractivity contribution in [1.29, 1.82) is 0 Å². The maximum Gasteiger partial charge on any atom is 0.277 e. The van der Waals surface area contributed by atoms with Crippen LogP contribution < -0.4 is 14.9 Å². The van der Waals surface area contributed by atoms with E-state index in [-0.39, 0.29) is 12.5 Å². The molecule has 2 rings (SSSR count). The number of hydrazone groups is 1. The predicted octanol–water partition coefficient (Wildman–Crippen LogP) is 4.10. The third-order valence-corrected chi connectivity index (χ3v) is 4.80. The van der Waals surface area contributed by atoms with Crippen molar-refractivity contribution in [2.45, 2.75) is 13.8 Å². The number of aryl methyl sites for hydroxylation is 2. The molecule has 7 heteroatoms. The van der Waals surface area contributed by atoms with Gasteiger partial charge in [0.2, 0.25) is 0 Å². The van der Waals surface area contributed by atoms with Gasteiger partial charge < -0.3 is 9.47 Å². The minimum atomic E-state index is -0.343. The Balaban J connectivity index is 1.87. The number of rotatable bonds is 6. The van der Waals surface area contributed by atoms with Crippen molar-refractivity contribution in [3.63, 3.8) is 0 Å². The Morgan fingerprint density at radius 1 is 1.28 bits per heavy atom. The lowest BCUT2D eigenvalue weighted by atomic mass is 10.1. The van der Waals surface area contributed by atoms with Crippen LogP contribution in [0.2, 0.25) is 5.02 Å². The summed E-state index contributed by atoms with van der Waals surface area (Å²) in [4.78, 5) is 11.8. The fraction of sp³-hybridized carbons (Fsp3) is 0.222. The van der Waals surface area contributed by atoms with E-state index in [0.29, 0.717) is 10.8 Å². The SMILES string of the molecule is COc1ccc(/C=N/NC(=O)COc2cc(C)c(Cl)c(C)c2)cc1I. The van der Waals surface area contributed by atoms with E-state index in [1.54, 1.807) is 25.5 Å². The number of halogens is 2. The smallest absolute Gasteiger partial charge is 0.277 e. The number of benzene rings is 2. The van der Waals surface area contributed by atoms with Crippen LogP contribution >= 0.6 is 34.2 Å². The van der Waals surface area contributed by atoms with Crippen molar-refractivity contribution in [2.24, 2.45) is 5.10 Å². The van der Waals surface area contributed by atoms with Crippen LogP contribution in [0.1, 0.15) is 16.7 Å². The van der Waals surface area contributed by atoms with Gasteiger partial charge in [0.05, 0.1) is 16.9 Å². The van der Waals surface area contributed by atoms with Gasteiger partial charge in [0.15, 0.2) is 6.61 Å². The Morgan fingerprint density at radius 2 is 1.96 bits per heavy atom. The molecule has 0 fully saturated rings. The van der Waals surface area contributed by atoms with Crippen molar-refractivity contribution in [2.75, 3.05) is 13.7 Å². The predicted molar refractivity (Wildman–Crippen MR) is 108 cm³/mol. The molecule has 0 bridgehead atoms. The van der Waals surface area contributed by atoms with Crippen LogP contribution in [0.25, 0.3) is 0 Å². The van der Waals surface area contributed by atoms with Crippen LogP contribution in [0.3, 0.4) is 0 Å². The van der Waals surface area contributed by atoms with E-state index in [1.807, 2.05) is 32.0 Å². The summed E-state index contributed by atoms with van der Waals surface area (Å²) in [7, 11) is 1.62. The third-order valence-electron chi connectivity index (χ3n) is 3.36. The Labute approximate surface area is 165 Å². The molecule has 0 aliphatic carbocycles. The summed E-state index contributed by atoms with van der Waals surface area (Å²) in [6, 6.07) is 9.20. The molecule has 1 N–H and O–H groups in total. The van der Waals surface area contributed by atoms with Gasteiger partial charge in [0.25, 0.3) is 5.91 Å².